The Kier molecular flexibility index (Phi) is 6.39. The molecule has 0 unspecified atom stereocenters. The Labute approximate surface area is 176 Å². The molecule has 1 amide bonds. The van der Waals surface area contributed by atoms with Crippen molar-refractivity contribution in [2.75, 3.05) is 19.5 Å². The number of aromatic nitrogens is 3. The Hall–Kier alpha value is -4.08. The van der Waals surface area contributed by atoms with Gasteiger partial charge in [-0.3, -0.25) is 4.79 Å². The van der Waals surface area contributed by atoms with Gasteiger partial charge in [0, 0.05) is 5.69 Å². The zero-order chi connectivity index (χ0) is 22.5. The van der Waals surface area contributed by atoms with Gasteiger partial charge < -0.3 is 14.8 Å². The van der Waals surface area contributed by atoms with E-state index >= 15 is 0 Å². The molecule has 1 aromatic heterocycles. The number of nitrogens with one attached hydrogen (secondary N) is 1. The fraction of sp³-hybridized carbons (Fsp3) is 0.190. The molecule has 0 aliphatic carbocycles. The number of halogens is 1. The summed E-state index contributed by atoms with van der Waals surface area (Å²) in [5, 5.41) is 10.5. The van der Waals surface area contributed by atoms with Crippen LogP contribution in [0.25, 0.3) is 0 Å². The molecule has 31 heavy (non-hydrogen) atoms. The van der Waals surface area contributed by atoms with E-state index in [2.05, 4.69) is 20.4 Å². The number of anilines is 1. The van der Waals surface area contributed by atoms with Crippen LogP contribution >= 0.6 is 0 Å². The summed E-state index contributed by atoms with van der Waals surface area (Å²) >= 11 is 0. The number of esters is 2. The number of benzene rings is 2. The molecule has 2 aromatic carbocycles. The molecule has 0 aliphatic heterocycles. The molecule has 0 saturated carbocycles. The van der Waals surface area contributed by atoms with Gasteiger partial charge in [-0.15, -0.1) is 5.10 Å². The summed E-state index contributed by atoms with van der Waals surface area (Å²) in [6.45, 7) is 1.90. The van der Waals surface area contributed by atoms with Gasteiger partial charge in [-0.25, -0.2) is 18.7 Å². The smallest absolute Gasteiger partial charge is 0.338 e. The molecule has 0 saturated heterocycles. The molecule has 10 heteroatoms. The summed E-state index contributed by atoms with van der Waals surface area (Å²) in [7, 11) is 2.37. The molecule has 9 nitrogen and oxygen atoms in total. The highest BCUT2D eigenvalue weighted by Crippen LogP contribution is 2.19. The lowest BCUT2D eigenvalue weighted by Gasteiger charge is -2.10. The summed E-state index contributed by atoms with van der Waals surface area (Å²) in [6, 6.07) is 10.1. The average molecular weight is 426 g/mol. The van der Waals surface area contributed by atoms with Crippen LogP contribution in [0.2, 0.25) is 0 Å². The van der Waals surface area contributed by atoms with Crippen LogP contribution in [-0.4, -0.2) is 47.1 Å². The number of carbonyl (C=O) groups excluding carboxylic acids is 3. The van der Waals surface area contributed by atoms with Crippen LogP contribution in [0.5, 0.6) is 0 Å². The van der Waals surface area contributed by atoms with Gasteiger partial charge in [0.2, 0.25) is 0 Å². The van der Waals surface area contributed by atoms with Crippen LogP contribution < -0.4 is 5.32 Å². The predicted octanol–water partition coefficient (Wildman–Crippen LogP) is 2.60. The topological polar surface area (TPSA) is 112 Å². The summed E-state index contributed by atoms with van der Waals surface area (Å²) in [6.07, 6.45) is 0. The minimum absolute atomic E-state index is 0.00423. The number of methoxy groups -OCH3 is 2. The molecule has 0 spiro atoms. The van der Waals surface area contributed by atoms with Crippen molar-refractivity contribution in [1.82, 2.24) is 15.0 Å². The first-order chi connectivity index (χ1) is 14.8. The van der Waals surface area contributed by atoms with Gasteiger partial charge in [0.05, 0.1) is 37.6 Å². The van der Waals surface area contributed by atoms with E-state index in [1.165, 1.54) is 49.2 Å². The largest absolute Gasteiger partial charge is 0.465 e. The van der Waals surface area contributed by atoms with E-state index in [1.807, 2.05) is 0 Å². The SMILES string of the molecule is COC(=O)c1ccc(NC(=O)c2nnn(Cc3cccc(F)c3)c2C)cc1C(=O)OC. The third-order valence-electron chi connectivity index (χ3n) is 4.51. The zero-order valence-corrected chi connectivity index (χ0v) is 17.0. The quantitative estimate of drug-likeness (QED) is 0.603. The lowest BCUT2D eigenvalue weighted by Crippen LogP contribution is -2.16. The third kappa shape index (κ3) is 4.74. The van der Waals surface area contributed by atoms with Crippen molar-refractivity contribution in [3.63, 3.8) is 0 Å². The molecule has 160 valence electrons. The Morgan fingerprint density at radius 1 is 1.03 bits per heavy atom. The molecular weight excluding hydrogens is 407 g/mol. The second-order valence-electron chi connectivity index (χ2n) is 6.51. The second-order valence-corrected chi connectivity index (χ2v) is 6.51. The van der Waals surface area contributed by atoms with Crippen LogP contribution in [0.4, 0.5) is 10.1 Å². The molecule has 1 heterocycles. The average Bonchev–Trinajstić information content (AvgIpc) is 3.12. The van der Waals surface area contributed by atoms with Crippen LogP contribution in [0.15, 0.2) is 42.5 Å². The maximum Gasteiger partial charge on any atom is 0.338 e. The number of ether oxygens (including phenoxy) is 2. The van der Waals surface area contributed by atoms with Crippen molar-refractivity contribution in [1.29, 1.82) is 0 Å². The number of carbonyl (C=O) groups is 3. The molecule has 1 N–H and O–H groups in total. The summed E-state index contributed by atoms with van der Waals surface area (Å²) in [5.74, 6) is -2.40. The minimum Gasteiger partial charge on any atom is -0.465 e. The van der Waals surface area contributed by atoms with E-state index < -0.39 is 17.8 Å². The summed E-state index contributed by atoms with van der Waals surface area (Å²) < 4.78 is 24.2. The Morgan fingerprint density at radius 2 is 1.74 bits per heavy atom. The number of hydrogen-bond acceptors (Lipinski definition) is 7. The monoisotopic (exact) mass is 426 g/mol. The van der Waals surface area contributed by atoms with Crippen molar-refractivity contribution in [3.8, 4) is 0 Å². The zero-order valence-electron chi connectivity index (χ0n) is 17.0. The standard InChI is InChI=1S/C21H19FN4O5/c1-12-18(24-25-26(12)11-13-5-4-6-14(22)9-13)19(27)23-15-7-8-16(20(28)30-2)17(10-15)21(29)31-3/h4-10H,11H2,1-3H3,(H,23,27). The Bertz CT molecular complexity index is 1160. The van der Waals surface area contributed by atoms with Crippen molar-refractivity contribution in [3.05, 3.63) is 76.4 Å². The molecular formula is C21H19FN4O5. The van der Waals surface area contributed by atoms with E-state index in [0.29, 0.717) is 11.3 Å². The van der Waals surface area contributed by atoms with Crippen LogP contribution in [0, 0.1) is 12.7 Å². The molecule has 0 radical (unpaired) electrons. The summed E-state index contributed by atoms with van der Waals surface area (Å²) in [5.41, 5.74) is 1.40. The van der Waals surface area contributed by atoms with E-state index in [0.717, 1.165) is 0 Å². The molecule has 0 fully saturated rings. The van der Waals surface area contributed by atoms with Gasteiger partial charge >= 0.3 is 11.9 Å². The minimum atomic E-state index is -0.756. The highest BCUT2D eigenvalue weighted by molar-refractivity contribution is 6.07. The molecule has 3 aromatic rings. The third-order valence-corrected chi connectivity index (χ3v) is 4.51. The van der Waals surface area contributed by atoms with Crippen LogP contribution in [-0.2, 0) is 16.0 Å². The van der Waals surface area contributed by atoms with Crippen molar-refractivity contribution in [2.24, 2.45) is 0 Å². The maximum absolute atomic E-state index is 13.4. The van der Waals surface area contributed by atoms with E-state index in [9.17, 15) is 18.8 Å². The second kappa shape index (κ2) is 9.16. The van der Waals surface area contributed by atoms with Crippen LogP contribution in [0.3, 0.4) is 0 Å². The van der Waals surface area contributed by atoms with Gasteiger partial charge in [0.15, 0.2) is 5.69 Å². The number of amides is 1. The van der Waals surface area contributed by atoms with E-state index in [1.54, 1.807) is 19.1 Å². The molecule has 0 atom stereocenters. The number of rotatable bonds is 6. The highest BCUT2D eigenvalue weighted by atomic mass is 19.1. The van der Waals surface area contributed by atoms with E-state index in [4.69, 9.17) is 4.74 Å². The lowest BCUT2D eigenvalue weighted by molar-refractivity contribution is 0.0555. The van der Waals surface area contributed by atoms with Crippen LogP contribution in [0.1, 0.15) is 42.5 Å². The number of nitrogens with zero attached hydrogens (tertiary/aromatic N) is 3. The summed E-state index contributed by atoms with van der Waals surface area (Å²) in [4.78, 5) is 36.6. The fourth-order valence-electron chi connectivity index (χ4n) is 2.91. The first kappa shape index (κ1) is 21.6. The number of hydrogen-bond donors (Lipinski definition) is 1. The Balaban J connectivity index is 1.82. The maximum atomic E-state index is 13.4. The Morgan fingerprint density at radius 3 is 2.42 bits per heavy atom. The van der Waals surface area contributed by atoms with Gasteiger partial charge in [-0.05, 0) is 42.8 Å². The fourth-order valence-corrected chi connectivity index (χ4v) is 2.91. The van der Waals surface area contributed by atoms with Gasteiger partial charge in [-0.2, -0.15) is 0 Å². The van der Waals surface area contributed by atoms with Crippen molar-refractivity contribution >= 4 is 23.5 Å². The first-order valence-corrected chi connectivity index (χ1v) is 9.10. The predicted molar refractivity (Wildman–Crippen MR) is 107 cm³/mol. The van der Waals surface area contributed by atoms with Gasteiger partial charge in [0.25, 0.3) is 5.91 Å². The molecule has 0 aliphatic rings. The normalized spacial score (nSPS) is 10.5. The molecule has 3 rings (SSSR count). The van der Waals surface area contributed by atoms with Crippen molar-refractivity contribution in [2.45, 2.75) is 13.5 Å². The first-order valence-electron chi connectivity index (χ1n) is 9.10. The van der Waals surface area contributed by atoms with E-state index in [-0.39, 0.29) is 34.9 Å². The van der Waals surface area contributed by atoms with Crippen molar-refractivity contribution < 1.29 is 28.2 Å². The van der Waals surface area contributed by atoms with Gasteiger partial charge in [0.1, 0.15) is 5.82 Å². The van der Waals surface area contributed by atoms with Gasteiger partial charge in [-0.1, -0.05) is 17.3 Å². The molecule has 0 bridgehead atoms. The highest BCUT2D eigenvalue weighted by Gasteiger charge is 2.21. The lowest BCUT2D eigenvalue weighted by atomic mass is 10.1.